The van der Waals surface area contributed by atoms with E-state index in [1.54, 1.807) is 0 Å². The van der Waals surface area contributed by atoms with Gasteiger partial charge < -0.3 is 4.90 Å². The Kier molecular flexibility index (Phi) is 8.00. The van der Waals surface area contributed by atoms with Crippen LogP contribution in [0, 0.1) is 0 Å². The highest BCUT2D eigenvalue weighted by atomic mass is 15.1. The minimum atomic E-state index is -0.289. The Morgan fingerprint density at radius 1 is 0.345 bits per heavy atom. The lowest BCUT2D eigenvalue weighted by Crippen LogP contribution is -2.22. The number of rotatable bonds is 7. The largest absolute Gasteiger partial charge is 0.310 e. The maximum absolute atomic E-state index is 2.45. The second-order valence-corrected chi connectivity index (χ2v) is 14.7. The third-order valence-corrected chi connectivity index (χ3v) is 11.5. The van der Waals surface area contributed by atoms with E-state index in [1.165, 1.54) is 77.7 Å². The summed E-state index contributed by atoms with van der Waals surface area (Å²) in [5.74, 6) is 0. The second kappa shape index (κ2) is 13.5. The van der Waals surface area contributed by atoms with E-state index in [4.69, 9.17) is 0 Å². The zero-order valence-electron chi connectivity index (χ0n) is 30.7. The van der Waals surface area contributed by atoms with Crippen LogP contribution in [0.15, 0.2) is 218 Å². The van der Waals surface area contributed by atoms with E-state index in [9.17, 15) is 0 Å². The molecule has 0 spiro atoms. The van der Waals surface area contributed by atoms with Gasteiger partial charge in [0.05, 0.1) is 5.69 Å². The fraction of sp³-hybridized carbons (Fsp3) is 0.0370. The molecule has 0 radical (unpaired) electrons. The van der Waals surface area contributed by atoms with E-state index in [1.807, 2.05) is 0 Å². The molecule has 0 fully saturated rings. The monoisotopic (exact) mass is 701 g/mol. The highest BCUT2D eigenvalue weighted by Gasteiger charge is 2.42. The van der Waals surface area contributed by atoms with Gasteiger partial charge in [-0.05, 0) is 116 Å². The molecule has 1 aliphatic carbocycles. The van der Waals surface area contributed by atoms with Gasteiger partial charge in [-0.1, -0.05) is 176 Å². The van der Waals surface area contributed by atoms with Crippen molar-refractivity contribution < 1.29 is 0 Å². The first-order valence-electron chi connectivity index (χ1n) is 19.1. The Labute approximate surface area is 323 Å². The number of anilines is 3. The van der Waals surface area contributed by atoms with Crippen molar-refractivity contribution in [1.82, 2.24) is 0 Å². The van der Waals surface area contributed by atoms with Crippen LogP contribution < -0.4 is 4.90 Å². The maximum atomic E-state index is 2.45. The standard InChI is InChI=1S/C54H39N/c1-54(46-20-6-3-7-21-46)50-23-11-10-22-49(50)53-51(54)24-13-25-52(53)55(48-34-30-41(31-35-48)45-27-26-39-16-8-9-17-42(39)37-45)47-32-28-40(29-33-47)44-19-12-18-43(36-44)38-14-4-2-5-15-38/h2-37H,1H3. The summed E-state index contributed by atoms with van der Waals surface area (Å²) in [6.07, 6.45) is 0. The van der Waals surface area contributed by atoms with Crippen LogP contribution in [-0.4, -0.2) is 0 Å². The van der Waals surface area contributed by atoms with Gasteiger partial charge in [0.15, 0.2) is 0 Å². The molecule has 0 aromatic heterocycles. The van der Waals surface area contributed by atoms with Crippen LogP contribution >= 0.6 is 0 Å². The zero-order chi connectivity index (χ0) is 36.8. The number of hydrogen-bond donors (Lipinski definition) is 0. The van der Waals surface area contributed by atoms with Gasteiger partial charge in [0.25, 0.3) is 0 Å². The van der Waals surface area contributed by atoms with Crippen LogP contribution in [-0.2, 0) is 5.41 Å². The molecule has 10 rings (SSSR count). The molecule has 1 nitrogen and oxygen atoms in total. The van der Waals surface area contributed by atoms with Gasteiger partial charge in [-0.25, -0.2) is 0 Å². The third-order valence-electron chi connectivity index (χ3n) is 11.5. The number of benzene rings is 9. The van der Waals surface area contributed by atoms with E-state index in [2.05, 4.69) is 230 Å². The lowest BCUT2D eigenvalue weighted by atomic mass is 9.74. The normalized spacial score (nSPS) is 14.3. The summed E-state index contributed by atoms with van der Waals surface area (Å²) in [4.78, 5) is 2.45. The molecule has 0 aliphatic heterocycles. The van der Waals surface area contributed by atoms with Gasteiger partial charge in [0.1, 0.15) is 0 Å². The summed E-state index contributed by atoms with van der Waals surface area (Å²) in [6, 6.07) is 79.7. The molecule has 9 aromatic carbocycles. The van der Waals surface area contributed by atoms with E-state index in [0.717, 1.165) is 11.4 Å². The lowest BCUT2D eigenvalue weighted by Gasteiger charge is -2.30. The summed E-state index contributed by atoms with van der Waals surface area (Å²) in [5.41, 5.74) is 16.9. The van der Waals surface area contributed by atoms with Crippen molar-refractivity contribution in [2.45, 2.75) is 12.3 Å². The van der Waals surface area contributed by atoms with Crippen LogP contribution in [0.4, 0.5) is 17.1 Å². The summed E-state index contributed by atoms with van der Waals surface area (Å²) >= 11 is 0. The molecule has 1 atom stereocenters. The predicted molar refractivity (Wildman–Crippen MR) is 232 cm³/mol. The summed E-state index contributed by atoms with van der Waals surface area (Å²) < 4.78 is 0. The second-order valence-electron chi connectivity index (χ2n) is 14.7. The van der Waals surface area contributed by atoms with Crippen molar-refractivity contribution in [3.63, 3.8) is 0 Å². The van der Waals surface area contributed by atoms with Gasteiger partial charge in [-0.2, -0.15) is 0 Å². The van der Waals surface area contributed by atoms with Crippen LogP contribution in [0.25, 0.3) is 55.3 Å². The molecule has 0 saturated heterocycles. The van der Waals surface area contributed by atoms with E-state index in [-0.39, 0.29) is 5.41 Å². The molecule has 1 unspecified atom stereocenters. The molecule has 260 valence electrons. The number of nitrogens with zero attached hydrogens (tertiary/aromatic N) is 1. The van der Waals surface area contributed by atoms with Gasteiger partial charge in [0.2, 0.25) is 0 Å². The topological polar surface area (TPSA) is 3.24 Å². The Hall–Kier alpha value is -6.96. The van der Waals surface area contributed by atoms with E-state index in [0.29, 0.717) is 0 Å². The van der Waals surface area contributed by atoms with Crippen LogP contribution in [0.3, 0.4) is 0 Å². The highest BCUT2D eigenvalue weighted by molar-refractivity contribution is 5.96. The van der Waals surface area contributed by atoms with Crippen molar-refractivity contribution in [2.24, 2.45) is 0 Å². The maximum Gasteiger partial charge on any atom is 0.0543 e. The van der Waals surface area contributed by atoms with Crippen LogP contribution in [0.5, 0.6) is 0 Å². The molecule has 55 heavy (non-hydrogen) atoms. The van der Waals surface area contributed by atoms with Gasteiger partial charge in [-0.15, -0.1) is 0 Å². The fourth-order valence-electron chi connectivity index (χ4n) is 8.70. The minimum Gasteiger partial charge on any atom is -0.310 e. The van der Waals surface area contributed by atoms with Crippen LogP contribution in [0.2, 0.25) is 0 Å². The van der Waals surface area contributed by atoms with Gasteiger partial charge in [-0.3, -0.25) is 0 Å². The summed E-state index contributed by atoms with van der Waals surface area (Å²) in [6.45, 7) is 2.39. The summed E-state index contributed by atoms with van der Waals surface area (Å²) in [5, 5.41) is 2.50. The molecule has 0 amide bonds. The first-order valence-corrected chi connectivity index (χ1v) is 19.1. The molecular weight excluding hydrogens is 663 g/mol. The Morgan fingerprint density at radius 2 is 0.836 bits per heavy atom. The predicted octanol–water partition coefficient (Wildman–Crippen LogP) is 14.6. The molecule has 0 N–H and O–H groups in total. The quantitative estimate of drug-likeness (QED) is 0.160. The summed E-state index contributed by atoms with van der Waals surface area (Å²) in [7, 11) is 0. The molecular formula is C54H39N. The molecule has 0 saturated carbocycles. The van der Waals surface area contributed by atoms with Crippen molar-refractivity contribution >= 4 is 27.8 Å². The average Bonchev–Trinajstić information content (AvgIpc) is 3.54. The molecule has 0 bridgehead atoms. The smallest absolute Gasteiger partial charge is 0.0543 e. The SMILES string of the molecule is CC1(c2ccccc2)c2ccccc2-c2c(N(c3ccc(-c4cccc(-c5ccccc5)c4)cc3)c3ccc(-c4ccc5ccccc5c4)cc3)cccc21. The number of hydrogen-bond acceptors (Lipinski definition) is 1. The average molecular weight is 702 g/mol. The van der Waals surface area contributed by atoms with Crippen molar-refractivity contribution in [2.75, 3.05) is 4.90 Å². The molecule has 9 aromatic rings. The van der Waals surface area contributed by atoms with E-state index < -0.39 is 0 Å². The Balaban J connectivity index is 1.12. The van der Waals surface area contributed by atoms with Crippen molar-refractivity contribution in [1.29, 1.82) is 0 Å². The highest BCUT2D eigenvalue weighted by Crippen LogP contribution is 2.56. The van der Waals surface area contributed by atoms with Crippen LogP contribution in [0.1, 0.15) is 23.6 Å². The van der Waals surface area contributed by atoms with E-state index >= 15 is 0 Å². The Bertz CT molecular complexity index is 2800. The van der Waals surface area contributed by atoms with Crippen molar-refractivity contribution in [3.8, 4) is 44.5 Å². The first kappa shape index (κ1) is 32.7. The zero-order valence-corrected chi connectivity index (χ0v) is 30.7. The molecule has 0 heterocycles. The minimum absolute atomic E-state index is 0.289. The Morgan fingerprint density at radius 3 is 1.53 bits per heavy atom. The van der Waals surface area contributed by atoms with Crippen molar-refractivity contribution in [3.05, 3.63) is 235 Å². The lowest BCUT2D eigenvalue weighted by molar-refractivity contribution is 0.714. The number of fused-ring (bicyclic) bond motifs is 4. The molecule has 1 aliphatic rings. The van der Waals surface area contributed by atoms with Gasteiger partial charge >= 0.3 is 0 Å². The fourth-order valence-corrected chi connectivity index (χ4v) is 8.70. The van der Waals surface area contributed by atoms with Gasteiger partial charge in [0, 0.05) is 22.4 Å². The first-order chi connectivity index (χ1) is 27.1. The molecule has 1 heteroatoms. The third kappa shape index (κ3) is 5.64.